The van der Waals surface area contributed by atoms with Crippen LogP contribution in [0.2, 0.25) is 0 Å². The van der Waals surface area contributed by atoms with Gasteiger partial charge in [-0.05, 0) is 31.7 Å². The Labute approximate surface area is 97.2 Å². The van der Waals surface area contributed by atoms with Gasteiger partial charge in [-0.15, -0.1) is 0 Å². The van der Waals surface area contributed by atoms with Gasteiger partial charge in [-0.1, -0.05) is 29.8 Å². The maximum atomic E-state index is 6.09. The van der Waals surface area contributed by atoms with E-state index in [9.17, 15) is 0 Å². The second-order valence-electron chi connectivity index (χ2n) is 5.42. The summed E-state index contributed by atoms with van der Waals surface area (Å²) < 4.78 is 0. The highest BCUT2D eigenvalue weighted by Gasteiger charge is 2.50. The first-order valence-corrected chi connectivity index (χ1v) is 6.28. The van der Waals surface area contributed by atoms with E-state index in [1.165, 1.54) is 30.4 Å². The van der Waals surface area contributed by atoms with E-state index in [0.29, 0.717) is 12.1 Å². The first kappa shape index (κ1) is 10.3. The summed E-state index contributed by atoms with van der Waals surface area (Å²) in [6.45, 7) is 2.90. The Morgan fingerprint density at radius 2 is 2.06 bits per heavy atom. The van der Waals surface area contributed by atoms with Crippen LogP contribution in [0.3, 0.4) is 0 Å². The molecule has 2 fully saturated rings. The average molecular weight is 216 g/mol. The fourth-order valence-electron chi connectivity index (χ4n) is 3.55. The minimum absolute atomic E-state index is 0.205. The van der Waals surface area contributed by atoms with Gasteiger partial charge in [-0.2, -0.15) is 0 Å². The van der Waals surface area contributed by atoms with E-state index < -0.39 is 0 Å². The molecular weight excluding hydrogens is 196 g/mol. The molecule has 2 heteroatoms. The highest BCUT2D eigenvalue weighted by Crippen LogP contribution is 2.44. The largest absolute Gasteiger partial charge is 0.330 e. The van der Waals surface area contributed by atoms with Gasteiger partial charge in [0.25, 0.3) is 0 Å². The lowest BCUT2D eigenvalue weighted by atomic mass is 9.69. The van der Waals surface area contributed by atoms with Crippen LogP contribution in [-0.2, 0) is 5.41 Å². The molecule has 2 aliphatic heterocycles. The normalized spacial score (nSPS) is 36.9. The van der Waals surface area contributed by atoms with Gasteiger partial charge in [0.2, 0.25) is 0 Å². The third kappa shape index (κ3) is 1.33. The molecule has 0 aromatic heterocycles. The van der Waals surface area contributed by atoms with Gasteiger partial charge in [0, 0.05) is 24.0 Å². The molecule has 1 aromatic rings. The van der Waals surface area contributed by atoms with Crippen molar-refractivity contribution in [2.45, 2.75) is 43.7 Å². The minimum Gasteiger partial charge on any atom is -0.330 e. The number of hydrogen-bond donors (Lipinski definition) is 2. The molecule has 16 heavy (non-hydrogen) atoms. The summed E-state index contributed by atoms with van der Waals surface area (Å²) >= 11 is 0. The Balaban J connectivity index is 1.99. The Bertz CT molecular complexity index is 384. The molecular formula is C14H20N2. The highest BCUT2D eigenvalue weighted by atomic mass is 15.1. The van der Waals surface area contributed by atoms with Crippen LogP contribution >= 0.6 is 0 Å². The van der Waals surface area contributed by atoms with E-state index in [2.05, 4.69) is 36.5 Å². The number of aryl methyl sites for hydroxylation is 1. The highest BCUT2D eigenvalue weighted by molar-refractivity contribution is 5.34. The molecule has 2 nitrogen and oxygen atoms in total. The Morgan fingerprint density at radius 3 is 2.56 bits per heavy atom. The van der Waals surface area contributed by atoms with Crippen LogP contribution in [0.25, 0.3) is 0 Å². The number of nitrogens with one attached hydrogen (secondary N) is 1. The molecule has 0 amide bonds. The predicted molar refractivity (Wildman–Crippen MR) is 66.5 cm³/mol. The third-order valence-corrected chi connectivity index (χ3v) is 4.51. The summed E-state index contributed by atoms with van der Waals surface area (Å²) in [5.74, 6) is 0. The molecule has 3 rings (SSSR count). The van der Waals surface area contributed by atoms with Crippen molar-refractivity contribution in [2.24, 2.45) is 5.73 Å². The van der Waals surface area contributed by atoms with Crippen LogP contribution in [0.5, 0.6) is 0 Å². The number of rotatable bonds is 2. The zero-order valence-corrected chi connectivity index (χ0v) is 9.87. The van der Waals surface area contributed by atoms with Crippen molar-refractivity contribution in [2.75, 3.05) is 6.54 Å². The fourth-order valence-corrected chi connectivity index (χ4v) is 3.55. The van der Waals surface area contributed by atoms with Gasteiger partial charge in [0.1, 0.15) is 0 Å². The van der Waals surface area contributed by atoms with Crippen molar-refractivity contribution in [3.05, 3.63) is 35.4 Å². The summed E-state index contributed by atoms with van der Waals surface area (Å²) in [5, 5.41) is 3.70. The van der Waals surface area contributed by atoms with Crippen LogP contribution < -0.4 is 11.1 Å². The number of nitrogens with two attached hydrogens (primary N) is 1. The summed E-state index contributed by atoms with van der Waals surface area (Å²) in [6.07, 6.45) is 3.84. The number of fused-ring (bicyclic) bond motifs is 2. The molecule has 0 radical (unpaired) electrons. The van der Waals surface area contributed by atoms with Gasteiger partial charge in [0.15, 0.2) is 0 Å². The zero-order valence-electron chi connectivity index (χ0n) is 9.87. The first-order chi connectivity index (χ1) is 7.74. The SMILES string of the molecule is Cc1ccc(C2(CN)CC3CCC2N3)cc1. The van der Waals surface area contributed by atoms with Gasteiger partial charge >= 0.3 is 0 Å². The van der Waals surface area contributed by atoms with Crippen LogP contribution in [-0.4, -0.2) is 18.6 Å². The molecule has 0 saturated carbocycles. The Kier molecular flexibility index (Phi) is 2.30. The third-order valence-electron chi connectivity index (χ3n) is 4.51. The maximum absolute atomic E-state index is 6.09. The lowest BCUT2D eigenvalue weighted by Gasteiger charge is -2.36. The molecule has 3 N–H and O–H groups in total. The van der Waals surface area contributed by atoms with Crippen molar-refractivity contribution >= 4 is 0 Å². The smallest absolute Gasteiger partial charge is 0.0243 e. The van der Waals surface area contributed by atoms with E-state index in [1.807, 2.05) is 0 Å². The zero-order chi connectivity index (χ0) is 11.2. The van der Waals surface area contributed by atoms with Crippen LogP contribution in [0.1, 0.15) is 30.4 Å². The summed E-state index contributed by atoms with van der Waals surface area (Å²) in [5.41, 5.74) is 9.05. The van der Waals surface area contributed by atoms with Crippen LogP contribution in [0.15, 0.2) is 24.3 Å². The van der Waals surface area contributed by atoms with Crippen molar-refractivity contribution in [1.82, 2.24) is 5.32 Å². The monoisotopic (exact) mass is 216 g/mol. The molecule has 3 unspecified atom stereocenters. The van der Waals surface area contributed by atoms with E-state index in [1.54, 1.807) is 0 Å². The molecule has 2 bridgehead atoms. The molecule has 2 heterocycles. The molecule has 1 aromatic carbocycles. The Hall–Kier alpha value is -0.860. The van der Waals surface area contributed by atoms with Crippen molar-refractivity contribution in [3.8, 4) is 0 Å². The van der Waals surface area contributed by atoms with Gasteiger partial charge < -0.3 is 11.1 Å². The summed E-state index contributed by atoms with van der Waals surface area (Å²) in [7, 11) is 0. The van der Waals surface area contributed by atoms with Crippen molar-refractivity contribution < 1.29 is 0 Å². The number of hydrogen-bond acceptors (Lipinski definition) is 2. The second-order valence-corrected chi connectivity index (χ2v) is 5.42. The standard InChI is InChI=1S/C14H20N2/c1-10-2-4-11(5-3-10)14(9-15)8-12-6-7-13(14)16-12/h2-5,12-13,16H,6-9,15H2,1H3. The van der Waals surface area contributed by atoms with E-state index >= 15 is 0 Å². The summed E-state index contributed by atoms with van der Waals surface area (Å²) in [4.78, 5) is 0. The second kappa shape index (κ2) is 3.57. The lowest BCUT2D eigenvalue weighted by Crippen LogP contribution is -2.45. The first-order valence-electron chi connectivity index (χ1n) is 6.28. The fraction of sp³-hybridized carbons (Fsp3) is 0.571. The molecule has 0 aliphatic carbocycles. The minimum atomic E-state index is 0.205. The van der Waals surface area contributed by atoms with Crippen LogP contribution in [0, 0.1) is 6.92 Å². The molecule has 2 aliphatic rings. The van der Waals surface area contributed by atoms with Crippen molar-refractivity contribution in [1.29, 1.82) is 0 Å². The Morgan fingerprint density at radius 1 is 1.31 bits per heavy atom. The van der Waals surface area contributed by atoms with Gasteiger partial charge in [-0.3, -0.25) is 0 Å². The van der Waals surface area contributed by atoms with Gasteiger partial charge in [0.05, 0.1) is 0 Å². The van der Waals surface area contributed by atoms with Gasteiger partial charge in [-0.25, -0.2) is 0 Å². The molecule has 86 valence electrons. The predicted octanol–water partition coefficient (Wildman–Crippen LogP) is 1.72. The van der Waals surface area contributed by atoms with E-state index in [4.69, 9.17) is 5.73 Å². The maximum Gasteiger partial charge on any atom is 0.0243 e. The van der Waals surface area contributed by atoms with Crippen molar-refractivity contribution in [3.63, 3.8) is 0 Å². The topological polar surface area (TPSA) is 38.0 Å². The van der Waals surface area contributed by atoms with E-state index in [0.717, 1.165) is 6.54 Å². The number of benzene rings is 1. The van der Waals surface area contributed by atoms with E-state index in [-0.39, 0.29) is 5.41 Å². The molecule has 2 saturated heterocycles. The molecule has 0 spiro atoms. The summed E-state index contributed by atoms with van der Waals surface area (Å²) in [6, 6.07) is 10.3. The quantitative estimate of drug-likeness (QED) is 0.790. The average Bonchev–Trinajstić information content (AvgIpc) is 2.90. The van der Waals surface area contributed by atoms with Crippen LogP contribution in [0.4, 0.5) is 0 Å². The lowest BCUT2D eigenvalue weighted by molar-refractivity contribution is 0.340. The molecule has 3 atom stereocenters.